The Morgan fingerprint density at radius 1 is 1.28 bits per heavy atom. The number of aromatic amines is 1. The van der Waals surface area contributed by atoms with E-state index in [-0.39, 0.29) is 11.8 Å². The lowest BCUT2D eigenvalue weighted by atomic mass is 9.89. The van der Waals surface area contributed by atoms with Crippen LogP contribution in [0.25, 0.3) is 0 Å². The summed E-state index contributed by atoms with van der Waals surface area (Å²) in [5.41, 5.74) is 3.19. The monoisotopic (exact) mass is 347 g/mol. The number of carbonyl (C=O) groups excluding carboxylic acids is 1. The van der Waals surface area contributed by atoms with Crippen molar-refractivity contribution < 1.29 is 13.6 Å². The quantitative estimate of drug-likeness (QED) is 0.922. The van der Waals surface area contributed by atoms with Gasteiger partial charge in [-0.05, 0) is 50.7 Å². The van der Waals surface area contributed by atoms with Gasteiger partial charge in [-0.1, -0.05) is 12.1 Å². The Bertz CT molecular complexity index is 745. The second kappa shape index (κ2) is 7.33. The molecule has 1 aliphatic heterocycles. The third kappa shape index (κ3) is 3.89. The first kappa shape index (κ1) is 17.6. The SMILES string of the molecule is Cc1n[nH]c(C)c1CC(=O)N1CCC(Cc2cccc(F)c2F)CC1. The fourth-order valence-corrected chi connectivity index (χ4v) is 3.50. The molecule has 0 radical (unpaired) electrons. The summed E-state index contributed by atoms with van der Waals surface area (Å²) < 4.78 is 27.1. The predicted molar refractivity (Wildman–Crippen MR) is 91.1 cm³/mol. The Labute approximate surface area is 146 Å². The van der Waals surface area contributed by atoms with Crippen LogP contribution in [-0.4, -0.2) is 34.1 Å². The van der Waals surface area contributed by atoms with Crippen LogP contribution < -0.4 is 0 Å². The number of aryl methyl sites for hydroxylation is 2. The number of rotatable bonds is 4. The maximum atomic E-state index is 13.8. The number of piperidine rings is 1. The van der Waals surface area contributed by atoms with Gasteiger partial charge in [0, 0.05) is 24.3 Å². The van der Waals surface area contributed by atoms with Crippen LogP contribution in [0.1, 0.15) is 35.4 Å². The minimum atomic E-state index is -0.795. The summed E-state index contributed by atoms with van der Waals surface area (Å²) in [6.45, 7) is 5.14. The van der Waals surface area contributed by atoms with Gasteiger partial charge in [0.1, 0.15) is 0 Å². The molecular formula is C19H23F2N3O. The molecule has 0 saturated carbocycles. The van der Waals surface area contributed by atoms with Gasteiger partial charge in [-0.15, -0.1) is 0 Å². The lowest BCUT2D eigenvalue weighted by Crippen LogP contribution is -2.39. The molecule has 4 nitrogen and oxygen atoms in total. The molecule has 0 aliphatic carbocycles. The summed E-state index contributed by atoms with van der Waals surface area (Å²) in [5.74, 6) is -1.16. The molecule has 6 heteroatoms. The molecule has 1 fully saturated rings. The zero-order chi connectivity index (χ0) is 18.0. The van der Waals surface area contributed by atoms with Crippen molar-refractivity contribution >= 4 is 5.91 Å². The molecule has 3 rings (SSSR count). The molecule has 2 aromatic rings. The molecule has 0 atom stereocenters. The van der Waals surface area contributed by atoms with Gasteiger partial charge in [0.25, 0.3) is 0 Å². The second-order valence-corrected chi connectivity index (χ2v) is 6.83. The molecule has 2 heterocycles. The maximum Gasteiger partial charge on any atom is 0.227 e. The van der Waals surface area contributed by atoms with Crippen LogP contribution in [0.15, 0.2) is 18.2 Å². The topological polar surface area (TPSA) is 49.0 Å². The summed E-state index contributed by atoms with van der Waals surface area (Å²) >= 11 is 0. The van der Waals surface area contributed by atoms with Gasteiger partial charge < -0.3 is 4.90 Å². The van der Waals surface area contributed by atoms with Gasteiger partial charge in [0.15, 0.2) is 11.6 Å². The van der Waals surface area contributed by atoms with E-state index < -0.39 is 11.6 Å². The van der Waals surface area contributed by atoms with Gasteiger partial charge in [-0.2, -0.15) is 5.10 Å². The van der Waals surface area contributed by atoms with Crippen molar-refractivity contribution in [2.24, 2.45) is 5.92 Å². The average Bonchev–Trinajstić information content (AvgIpc) is 2.91. The number of hydrogen-bond acceptors (Lipinski definition) is 2. The Morgan fingerprint density at radius 2 is 2.00 bits per heavy atom. The third-order valence-electron chi connectivity index (χ3n) is 5.12. The summed E-state index contributed by atoms with van der Waals surface area (Å²) in [6.07, 6.45) is 2.50. The smallest absolute Gasteiger partial charge is 0.227 e. The Morgan fingerprint density at radius 3 is 2.64 bits per heavy atom. The van der Waals surface area contributed by atoms with Crippen molar-refractivity contribution in [2.45, 2.75) is 39.5 Å². The summed E-state index contributed by atoms with van der Waals surface area (Å²) in [5, 5.41) is 7.03. The van der Waals surface area contributed by atoms with Crippen molar-refractivity contribution in [3.63, 3.8) is 0 Å². The number of amides is 1. The van der Waals surface area contributed by atoms with Crippen molar-refractivity contribution in [1.82, 2.24) is 15.1 Å². The number of nitrogens with zero attached hydrogens (tertiary/aromatic N) is 2. The second-order valence-electron chi connectivity index (χ2n) is 6.83. The van der Waals surface area contributed by atoms with Crippen molar-refractivity contribution in [3.05, 3.63) is 52.3 Å². The molecule has 1 aliphatic rings. The molecular weight excluding hydrogens is 324 g/mol. The van der Waals surface area contributed by atoms with E-state index >= 15 is 0 Å². The van der Waals surface area contributed by atoms with Crippen LogP contribution in [-0.2, 0) is 17.6 Å². The van der Waals surface area contributed by atoms with Crippen LogP contribution in [0.3, 0.4) is 0 Å². The molecule has 0 spiro atoms. The number of nitrogens with one attached hydrogen (secondary N) is 1. The van der Waals surface area contributed by atoms with E-state index in [1.165, 1.54) is 0 Å². The number of halogens is 2. The van der Waals surface area contributed by atoms with Crippen LogP contribution in [0.2, 0.25) is 0 Å². The number of H-pyrrole nitrogens is 1. The first-order valence-corrected chi connectivity index (χ1v) is 8.66. The van der Waals surface area contributed by atoms with Gasteiger partial charge >= 0.3 is 0 Å². The minimum absolute atomic E-state index is 0.1000. The van der Waals surface area contributed by atoms with E-state index in [1.807, 2.05) is 18.7 Å². The van der Waals surface area contributed by atoms with E-state index in [1.54, 1.807) is 12.1 Å². The molecule has 0 unspecified atom stereocenters. The van der Waals surface area contributed by atoms with Crippen molar-refractivity contribution in [3.8, 4) is 0 Å². The Hall–Kier alpha value is -2.24. The van der Waals surface area contributed by atoms with E-state index in [0.717, 1.165) is 35.9 Å². The zero-order valence-electron chi connectivity index (χ0n) is 14.6. The molecule has 1 aromatic heterocycles. The highest BCUT2D eigenvalue weighted by atomic mass is 19.2. The molecule has 1 amide bonds. The van der Waals surface area contributed by atoms with Gasteiger partial charge in [-0.3, -0.25) is 9.89 Å². The Kier molecular flexibility index (Phi) is 5.16. The fraction of sp³-hybridized carbons (Fsp3) is 0.474. The molecule has 0 bridgehead atoms. The van der Waals surface area contributed by atoms with Crippen molar-refractivity contribution in [2.75, 3.05) is 13.1 Å². The number of benzene rings is 1. The lowest BCUT2D eigenvalue weighted by molar-refractivity contribution is -0.131. The number of carbonyl (C=O) groups is 1. The largest absolute Gasteiger partial charge is 0.342 e. The van der Waals surface area contributed by atoms with Gasteiger partial charge in [0.05, 0.1) is 12.1 Å². The van der Waals surface area contributed by atoms with E-state index in [2.05, 4.69) is 10.2 Å². The molecule has 1 N–H and O–H groups in total. The number of likely N-dealkylation sites (tertiary alicyclic amines) is 1. The number of hydrogen-bond donors (Lipinski definition) is 1. The molecule has 134 valence electrons. The normalized spacial score (nSPS) is 15.6. The van der Waals surface area contributed by atoms with E-state index in [0.29, 0.717) is 31.5 Å². The molecule has 25 heavy (non-hydrogen) atoms. The lowest BCUT2D eigenvalue weighted by Gasteiger charge is -2.32. The molecule has 1 aromatic carbocycles. The summed E-state index contributed by atoms with van der Waals surface area (Å²) in [7, 11) is 0. The molecule has 1 saturated heterocycles. The zero-order valence-corrected chi connectivity index (χ0v) is 14.6. The minimum Gasteiger partial charge on any atom is -0.342 e. The third-order valence-corrected chi connectivity index (χ3v) is 5.12. The summed E-state index contributed by atoms with van der Waals surface area (Å²) in [4.78, 5) is 14.4. The first-order valence-electron chi connectivity index (χ1n) is 8.66. The van der Waals surface area contributed by atoms with E-state index in [4.69, 9.17) is 0 Å². The van der Waals surface area contributed by atoms with Crippen molar-refractivity contribution in [1.29, 1.82) is 0 Å². The Balaban J connectivity index is 1.55. The van der Waals surface area contributed by atoms with E-state index in [9.17, 15) is 13.6 Å². The predicted octanol–water partition coefficient (Wildman–Crippen LogP) is 3.33. The highest BCUT2D eigenvalue weighted by molar-refractivity contribution is 5.79. The van der Waals surface area contributed by atoms with Crippen LogP contribution in [0, 0.1) is 31.4 Å². The summed E-state index contributed by atoms with van der Waals surface area (Å²) in [6, 6.07) is 4.32. The highest BCUT2D eigenvalue weighted by Crippen LogP contribution is 2.24. The van der Waals surface area contributed by atoms with Crippen LogP contribution >= 0.6 is 0 Å². The fourth-order valence-electron chi connectivity index (χ4n) is 3.50. The number of aromatic nitrogens is 2. The standard InChI is InChI=1S/C19H23F2N3O/c1-12-16(13(2)23-22-12)11-18(25)24-8-6-14(7-9-24)10-15-4-3-5-17(20)19(15)21/h3-5,14H,6-11H2,1-2H3,(H,22,23). The van der Waals surface area contributed by atoms with Crippen LogP contribution in [0.4, 0.5) is 8.78 Å². The average molecular weight is 347 g/mol. The van der Waals surface area contributed by atoms with Gasteiger partial charge in [0.2, 0.25) is 5.91 Å². The van der Waals surface area contributed by atoms with Gasteiger partial charge in [-0.25, -0.2) is 8.78 Å². The first-order chi connectivity index (χ1) is 12.0. The highest BCUT2D eigenvalue weighted by Gasteiger charge is 2.25. The maximum absolute atomic E-state index is 13.8. The van der Waals surface area contributed by atoms with Crippen LogP contribution in [0.5, 0.6) is 0 Å².